The van der Waals surface area contributed by atoms with Gasteiger partial charge in [0, 0.05) is 31.5 Å². The lowest BCUT2D eigenvalue weighted by Gasteiger charge is -2.20. The maximum absolute atomic E-state index is 11.8. The van der Waals surface area contributed by atoms with Crippen LogP contribution in [0.25, 0.3) is 0 Å². The summed E-state index contributed by atoms with van der Waals surface area (Å²) >= 11 is 0. The first-order valence-electron chi connectivity index (χ1n) is 6.50. The van der Waals surface area contributed by atoms with Crippen molar-refractivity contribution in [2.75, 3.05) is 36.5 Å². The highest BCUT2D eigenvalue weighted by molar-refractivity contribution is 6.01. The fraction of sp³-hybridized carbons (Fsp3) is 0.429. The van der Waals surface area contributed by atoms with E-state index >= 15 is 0 Å². The summed E-state index contributed by atoms with van der Waals surface area (Å²) in [6.45, 7) is 0.661. The predicted octanol–water partition coefficient (Wildman–Crippen LogP) is 0.479. The number of anilines is 2. The van der Waals surface area contributed by atoms with Crippen molar-refractivity contribution in [3.05, 3.63) is 23.8 Å². The van der Waals surface area contributed by atoms with E-state index in [9.17, 15) is 9.59 Å². The zero-order valence-electron chi connectivity index (χ0n) is 11.4. The summed E-state index contributed by atoms with van der Waals surface area (Å²) in [5.74, 6) is -0.846. The Labute approximate surface area is 117 Å². The molecule has 1 aliphatic heterocycles. The van der Waals surface area contributed by atoms with E-state index in [4.69, 9.17) is 10.2 Å². The summed E-state index contributed by atoms with van der Waals surface area (Å²) in [5.41, 5.74) is 2.64. The zero-order valence-corrected chi connectivity index (χ0v) is 11.4. The van der Waals surface area contributed by atoms with Gasteiger partial charge in [-0.25, -0.2) is 0 Å². The van der Waals surface area contributed by atoms with Crippen LogP contribution < -0.4 is 9.80 Å². The van der Waals surface area contributed by atoms with Crippen molar-refractivity contribution in [3.63, 3.8) is 0 Å². The maximum atomic E-state index is 11.8. The molecule has 1 aliphatic rings. The lowest BCUT2D eigenvalue weighted by atomic mass is 10.1. The van der Waals surface area contributed by atoms with E-state index in [0.29, 0.717) is 19.5 Å². The van der Waals surface area contributed by atoms with E-state index in [-0.39, 0.29) is 18.9 Å². The number of aliphatic hydroxyl groups excluding tert-OH is 1. The van der Waals surface area contributed by atoms with E-state index < -0.39 is 5.97 Å². The molecule has 1 aromatic rings. The molecule has 2 N–H and O–H groups in total. The first-order valence-corrected chi connectivity index (χ1v) is 6.50. The molecule has 0 fully saturated rings. The quantitative estimate of drug-likeness (QED) is 0.791. The molecule has 20 heavy (non-hydrogen) atoms. The molecule has 0 aromatic heterocycles. The van der Waals surface area contributed by atoms with E-state index in [1.54, 1.807) is 4.90 Å². The Morgan fingerprint density at radius 3 is 2.85 bits per heavy atom. The molecule has 6 nitrogen and oxygen atoms in total. The molecule has 0 saturated carbocycles. The number of nitrogens with zero attached hydrogens (tertiary/aromatic N) is 2. The van der Waals surface area contributed by atoms with Crippen LogP contribution in [0.15, 0.2) is 18.2 Å². The number of benzene rings is 1. The number of β-amino-alcohol motifs (C(OH)–C–C–N with tert-alkyl or cyclic N) is 1. The van der Waals surface area contributed by atoms with Crippen molar-refractivity contribution in [2.45, 2.75) is 12.8 Å². The predicted molar refractivity (Wildman–Crippen MR) is 75.1 cm³/mol. The second-order valence-corrected chi connectivity index (χ2v) is 4.82. The van der Waals surface area contributed by atoms with Gasteiger partial charge in [-0.1, -0.05) is 0 Å². The molecule has 0 aliphatic carbocycles. The summed E-state index contributed by atoms with van der Waals surface area (Å²) in [7, 11) is 1.83. The van der Waals surface area contributed by atoms with Crippen molar-refractivity contribution in [1.82, 2.24) is 0 Å². The molecule has 0 bridgehead atoms. The van der Waals surface area contributed by atoms with Gasteiger partial charge in [-0.15, -0.1) is 0 Å². The standard InChI is InChI=1S/C14H18N2O4/c1-15(5-4-14(19)20)11-2-3-12-10(8-11)9-13(18)16(12)6-7-17/h2-3,8,17H,4-7,9H2,1H3,(H,19,20). The van der Waals surface area contributed by atoms with E-state index in [1.807, 2.05) is 30.1 Å². The first kappa shape index (κ1) is 14.3. The third kappa shape index (κ3) is 2.91. The molecular weight excluding hydrogens is 260 g/mol. The zero-order chi connectivity index (χ0) is 14.7. The monoisotopic (exact) mass is 278 g/mol. The van der Waals surface area contributed by atoms with Gasteiger partial charge in [-0.05, 0) is 23.8 Å². The van der Waals surface area contributed by atoms with Crippen LogP contribution in [0.2, 0.25) is 0 Å². The molecule has 108 valence electrons. The second kappa shape index (κ2) is 5.92. The molecule has 6 heteroatoms. The third-order valence-electron chi connectivity index (χ3n) is 3.42. The third-order valence-corrected chi connectivity index (χ3v) is 3.42. The van der Waals surface area contributed by atoms with Crippen molar-refractivity contribution in [2.24, 2.45) is 0 Å². The fourth-order valence-corrected chi connectivity index (χ4v) is 2.34. The minimum absolute atomic E-state index is 0.0145. The number of aliphatic hydroxyl groups is 1. The van der Waals surface area contributed by atoms with Crippen LogP contribution in [0.4, 0.5) is 11.4 Å². The Kier molecular flexibility index (Phi) is 4.24. The van der Waals surface area contributed by atoms with Gasteiger partial charge >= 0.3 is 5.97 Å². The van der Waals surface area contributed by atoms with Crippen molar-refractivity contribution in [1.29, 1.82) is 0 Å². The molecule has 1 aromatic carbocycles. The Bertz CT molecular complexity index is 530. The number of hydrogen-bond acceptors (Lipinski definition) is 4. The van der Waals surface area contributed by atoms with Crippen molar-refractivity contribution < 1.29 is 19.8 Å². The Morgan fingerprint density at radius 2 is 2.20 bits per heavy atom. The number of carboxylic acids is 1. The van der Waals surface area contributed by atoms with Gasteiger partial charge in [0.15, 0.2) is 0 Å². The van der Waals surface area contributed by atoms with E-state index in [2.05, 4.69) is 0 Å². The summed E-state index contributed by atoms with van der Waals surface area (Å²) < 4.78 is 0. The molecule has 0 saturated heterocycles. The van der Waals surface area contributed by atoms with E-state index in [1.165, 1.54) is 0 Å². The highest BCUT2D eigenvalue weighted by Gasteiger charge is 2.27. The second-order valence-electron chi connectivity index (χ2n) is 4.82. The smallest absolute Gasteiger partial charge is 0.305 e. The number of carbonyl (C=O) groups excluding carboxylic acids is 1. The largest absolute Gasteiger partial charge is 0.481 e. The van der Waals surface area contributed by atoms with Gasteiger partial charge < -0.3 is 20.0 Å². The van der Waals surface area contributed by atoms with Crippen LogP contribution in [0, 0.1) is 0 Å². The van der Waals surface area contributed by atoms with Crippen LogP contribution in [-0.2, 0) is 16.0 Å². The summed E-state index contributed by atoms with van der Waals surface area (Å²) in [6, 6.07) is 5.62. The molecule has 1 amide bonds. The average Bonchev–Trinajstić information content (AvgIpc) is 2.72. The van der Waals surface area contributed by atoms with Gasteiger partial charge in [-0.3, -0.25) is 9.59 Å². The molecule has 1 heterocycles. The van der Waals surface area contributed by atoms with Crippen LogP contribution in [-0.4, -0.2) is 48.8 Å². The number of carboxylic acid groups (broad SMARTS) is 1. The number of rotatable bonds is 6. The van der Waals surface area contributed by atoms with Crippen molar-refractivity contribution in [3.8, 4) is 0 Å². The van der Waals surface area contributed by atoms with Crippen molar-refractivity contribution >= 4 is 23.3 Å². The molecular formula is C14H18N2O4. The summed E-state index contributed by atoms with van der Waals surface area (Å²) in [6.07, 6.45) is 0.402. The SMILES string of the molecule is CN(CCC(=O)O)c1ccc2c(c1)CC(=O)N2CCO. The fourth-order valence-electron chi connectivity index (χ4n) is 2.34. The van der Waals surface area contributed by atoms with Gasteiger partial charge in [0.25, 0.3) is 0 Å². The van der Waals surface area contributed by atoms with Gasteiger partial charge in [-0.2, -0.15) is 0 Å². The number of aliphatic carboxylic acids is 1. The van der Waals surface area contributed by atoms with Gasteiger partial charge in [0.2, 0.25) is 5.91 Å². The maximum Gasteiger partial charge on any atom is 0.305 e. The highest BCUT2D eigenvalue weighted by Crippen LogP contribution is 2.31. The van der Waals surface area contributed by atoms with Gasteiger partial charge in [0.05, 0.1) is 19.4 Å². The lowest BCUT2D eigenvalue weighted by Crippen LogP contribution is -2.29. The lowest BCUT2D eigenvalue weighted by molar-refractivity contribution is -0.136. The Hall–Kier alpha value is -2.08. The van der Waals surface area contributed by atoms with Gasteiger partial charge in [0.1, 0.15) is 0 Å². The molecule has 0 radical (unpaired) electrons. The van der Waals surface area contributed by atoms with E-state index in [0.717, 1.165) is 16.9 Å². The van der Waals surface area contributed by atoms with Crippen LogP contribution in [0.3, 0.4) is 0 Å². The van der Waals surface area contributed by atoms with Crippen LogP contribution >= 0.6 is 0 Å². The average molecular weight is 278 g/mol. The minimum Gasteiger partial charge on any atom is -0.481 e. The van der Waals surface area contributed by atoms with Crippen LogP contribution in [0.5, 0.6) is 0 Å². The number of fused-ring (bicyclic) bond motifs is 1. The number of hydrogen-bond donors (Lipinski definition) is 2. The minimum atomic E-state index is -0.831. The molecule has 0 atom stereocenters. The molecule has 2 rings (SSSR count). The normalized spacial score (nSPS) is 13.5. The first-order chi connectivity index (χ1) is 9.52. The van der Waals surface area contributed by atoms with Crippen LogP contribution in [0.1, 0.15) is 12.0 Å². The number of amides is 1. The number of carbonyl (C=O) groups is 2. The summed E-state index contributed by atoms with van der Waals surface area (Å²) in [5, 5.41) is 17.7. The summed E-state index contributed by atoms with van der Waals surface area (Å²) in [4.78, 5) is 25.9. The molecule has 0 spiro atoms. The Morgan fingerprint density at radius 1 is 1.45 bits per heavy atom. The topological polar surface area (TPSA) is 81.1 Å². The Balaban J connectivity index is 2.15. The molecule has 0 unspecified atom stereocenters. The highest BCUT2D eigenvalue weighted by atomic mass is 16.4.